The van der Waals surface area contributed by atoms with Crippen LogP contribution in [0.2, 0.25) is 10.0 Å². The van der Waals surface area contributed by atoms with Crippen molar-refractivity contribution in [3.8, 4) is 5.75 Å². The van der Waals surface area contributed by atoms with Crippen LogP contribution in [0.15, 0.2) is 65.1 Å². The highest BCUT2D eigenvalue weighted by molar-refractivity contribution is 6.42. The van der Waals surface area contributed by atoms with Crippen molar-refractivity contribution in [2.24, 2.45) is 0 Å². The summed E-state index contributed by atoms with van der Waals surface area (Å²) in [6.45, 7) is 0.580. The average molecular weight is 376 g/mol. The third-order valence-electron chi connectivity index (χ3n) is 3.47. The fraction of sp³-hybridized carbons (Fsp3) is 0.105. The second kappa shape index (κ2) is 8.10. The number of hydrogen-bond donors (Lipinski definition) is 1. The number of hydrogen-bond acceptors (Lipinski definition) is 3. The van der Waals surface area contributed by atoms with E-state index in [4.69, 9.17) is 32.4 Å². The maximum absolute atomic E-state index is 12.1. The standard InChI is InChI=1S/C19H15Cl2NO3/c20-15-7-4-8-16(18(15)21)24-12-14-9-10-17(25-14)19(23)22-11-13-5-2-1-3-6-13/h1-10H,11-12H2,(H,22,23). The van der Waals surface area contributed by atoms with Crippen molar-refractivity contribution in [1.29, 1.82) is 0 Å². The molecule has 0 saturated carbocycles. The van der Waals surface area contributed by atoms with Gasteiger partial charge in [-0.25, -0.2) is 0 Å². The summed E-state index contributed by atoms with van der Waals surface area (Å²) in [6.07, 6.45) is 0. The fourth-order valence-corrected chi connectivity index (χ4v) is 2.53. The normalized spacial score (nSPS) is 10.5. The minimum Gasteiger partial charge on any atom is -0.484 e. The molecule has 3 aromatic rings. The third-order valence-corrected chi connectivity index (χ3v) is 4.27. The van der Waals surface area contributed by atoms with Crippen molar-refractivity contribution in [2.75, 3.05) is 0 Å². The van der Waals surface area contributed by atoms with E-state index >= 15 is 0 Å². The van der Waals surface area contributed by atoms with Gasteiger partial charge in [0.2, 0.25) is 0 Å². The first-order chi connectivity index (χ1) is 12.1. The zero-order chi connectivity index (χ0) is 17.6. The van der Waals surface area contributed by atoms with E-state index in [9.17, 15) is 4.79 Å². The summed E-state index contributed by atoms with van der Waals surface area (Å²) in [6, 6.07) is 18.1. The molecule has 0 unspecified atom stereocenters. The molecule has 0 aliphatic heterocycles. The highest BCUT2D eigenvalue weighted by Gasteiger charge is 2.12. The third kappa shape index (κ3) is 4.56. The maximum Gasteiger partial charge on any atom is 0.287 e. The van der Waals surface area contributed by atoms with E-state index in [-0.39, 0.29) is 18.3 Å². The van der Waals surface area contributed by atoms with E-state index < -0.39 is 0 Å². The molecule has 1 amide bonds. The van der Waals surface area contributed by atoms with Crippen LogP contribution in [0.1, 0.15) is 21.9 Å². The largest absolute Gasteiger partial charge is 0.484 e. The Kier molecular flexibility index (Phi) is 5.64. The molecule has 3 rings (SSSR count). The predicted molar refractivity (Wildman–Crippen MR) is 97.1 cm³/mol. The maximum atomic E-state index is 12.1. The second-order valence-electron chi connectivity index (χ2n) is 5.27. The minimum atomic E-state index is -0.282. The molecule has 0 spiro atoms. The van der Waals surface area contributed by atoms with E-state index in [1.165, 1.54) is 0 Å². The smallest absolute Gasteiger partial charge is 0.287 e. The van der Waals surface area contributed by atoms with Crippen LogP contribution in [-0.2, 0) is 13.2 Å². The van der Waals surface area contributed by atoms with Crippen LogP contribution in [0.5, 0.6) is 5.75 Å². The fourth-order valence-electron chi connectivity index (χ4n) is 2.19. The minimum absolute atomic E-state index is 0.145. The van der Waals surface area contributed by atoms with Crippen molar-refractivity contribution >= 4 is 29.1 Å². The van der Waals surface area contributed by atoms with Crippen molar-refractivity contribution in [1.82, 2.24) is 5.32 Å². The highest BCUT2D eigenvalue weighted by Crippen LogP contribution is 2.32. The van der Waals surface area contributed by atoms with Gasteiger partial charge in [0.1, 0.15) is 23.1 Å². The number of benzene rings is 2. The Balaban J connectivity index is 1.56. The summed E-state index contributed by atoms with van der Waals surface area (Å²) in [5, 5.41) is 3.57. The molecule has 0 saturated heterocycles. The predicted octanol–water partition coefficient (Wildman–Crippen LogP) is 5.10. The van der Waals surface area contributed by atoms with E-state index in [0.717, 1.165) is 5.56 Å². The molecule has 1 heterocycles. The van der Waals surface area contributed by atoms with Crippen molar-refractivity contribution < 1.29 is 13.9 Å². The molecule has 0 aliphatic carbocycles. The quantitative estimate of drug-likeness (QED) is 0.652. The van der Waals surface area contributed by atoms with Crippen LogP contribution in [0.4, 0.5) is 0 Å². The Hall–Kier alpha value is -2.43. The lowest BCUT2D eigenvalue weighted by molar-refractivity contribution is 0.0919. The zero-order valence-electron chi connectivity index (χ0n) is 13.2. The van der Waals surface area contributed by atoms with Crippen LogP contribution in [0.25, 0.3) is 0 Å². The average Bonchev–Trinajstić information content (AvgIpc) is 3.11. The molecule has 0 bridgehead atoms. The van der Waals surface area contributed by atoms with Gasteiger partial charge in [0.05, 0.1) is 5.02 Å². The molecule has 0 atom stereocenters. The monoisotopic (exact) mass is 375 g/mol. The van der Waals surface area contributed by atoms with Crippen LogP contribution in [0, 0.1) is 0 Å². The number of ether oxygens (including phenoxy) is 1. The first-order valence-electron chi connectivity index (χ1n) is 7.61. The highest BCUT2D eigenvalue weighted by atomic mass is 35.5. The zero-order valence-corrected chi connectivity index (χ0v) is 14.7. The lowest BCUT2D eigenvalue weighted by Crippen LogP contribution is -2.22. The van der Waals surface area contributed by atoms with Crippen molar-refractivity contribution in [3.63, 3.8) is 0 Å². The molecule has 6 heteroatoms. The number of carbonyl (C=O) groups is 1. The summed E-state index contributed by atoms with van der Waals surface area (Å²) in [7, 11) is 0. The number of amides is 1. The Morgan fingerprint density at radius 3 is 2.60 bits per heavy atom. The van der Waals surface area contributed by atoms with Gasteiger partial charge in [-0.2, -0.15) is 0 Å². The van der Waals surface area contributed by atoms with Crippen LogP contribution in [0.3, 0.4) is 0 Å². The van der Waals surface area contributed by atoms with Crippen LogP contribution in [-0.4, -0.2) is 5.91 Å². The Morgan fingerprint density at radius 2 is 1.80 bits per heavy atom. The van der Waals surface area contributed by atoms with Gasteiger partial charge in [-0.1, -0.05) is 59.6 Å². The molecule has 0 radical (unpaired) electrons. The molecule has 0 fully saturated rings. The number of furan rings is 1. The van der Waals surface area contributed by atoms with Gasteiger partial charge in [-0.15, -0.1) is 0 Å². The molecule has 1 N–H and O–H groups in total. The van der Waals surface area contributed by atoms with Crippen molar-refractivity contribution in [2.45, 2.75) is 13.2 Å². The summed E-state index contributed by atoms with van der Waals surface area (Å²) < 4.78 is 11.1. The number of nitrogens with one attached hydrogen (secondary N) is 1. The van der Waals surface area contributed by atoms with Gasteiger partial charge >= 0.3 is 0 Å². The number of halogens is 2. The first-order valence-corrected chi connectivity index (χ1v) is 8.37. The molecular formula is C19H15Cl2NO3. The summed E-state index contributed by atoms with van der Waals surface area (Å²) in [5.41, 5.74) is 1.02. The first kappa shape index (κ1) is 17.4. The number of carbonyl (C=O) groups excluding carboxylic acids is 1. The molecule has 1 aromatic heterocycles. The topological polar surface area (TPSA) is 51.5 Å². The molecule has 0 aliphatic rings. The second-order valence-corrected chi connectivity index (χ2v) is 6.06. The summed E-state index contributed by atoms with van der Waals surface area (Å²) in [5.74, 6) is 0.921. The van der Waals surface area contributed by atoms with E-state index in [2.05, 4.69) is 5.32 Å². The molecular weight excluding hydrogens is 361 g/mol. The Bertz CT molecular complexity index is 862. The lowest BCUT2D eigenvalue weighted by atomic mass is 10.2. The lowest BCUT2D eigenvalue weighted by Gasteiger charge is -2.07. The van der Waals surface area contributed by atoms with Gasteiger partial charge in [-0.05, 0) is 29.8 Å². The Morgan fingerprint density at radius 1 is 1.00 bits per heavy atom. The van der Waals surface area contributed by atoms with E-state index in [1.54, 1.807) is 30.3 Å². The molecule has 128 valence electrons. The SMILES string of the molecule is O=C(NCc1ccccc1)c1ccc(COc2cccc(Cl)c2Cl)o1. The van der Waals surface area contributed by atoms with Crippen molar-refractivity contribution in [3.05, 3.63) is 87.8 Å². The summed E-state index contributed by atoms with van der Waals surface area (Å²) >= 11 is 12.0. The van der Waals surface area contributed by atoms with Crippen LogP contribution >= 0.6 is 23.2 Å². The van der Waals surface area contributed by atoms with Gasteiger partial charge < -0.3 is 14.5 Å². The Labute approximate surface area is 155 Å². The molecule has 25 heavy (non-hydrogen) atoms. The van der Waals surface area contributed by atoms with Crippen LogP contribution < -0.4 is 10.1 Å². The van der Waals surface area contributed by atoms with E-state index in [0.29, 0.717) is 28.1 Å². The van der Waals surface area contributed by atoms with E-state index in [1.807, 2.05) is 30.3 Å². The van der Waals surface area contributed by atoms with Gasteiger partial charge in [0.15, 0.2) is 5.76 Å². The molecule has 2 aromatic carbocycles. The van der Waals surface area contributed by atoms with Gasteiger partial charge in [0, 0.05) is 6.54 Å². The summed E-state index contributed by atoms with van der Waals surface area (Å²) in [4.78, 5) is 12.1. The van der Waals surface area contributed by atoms with Gasteiger partial charge in [0.25, 0.3) is 5.91 Å². The molecule has 4 nitrogen and oxygen atoms in total. The number of rotatable bonds is 6. The van der Waals surface area contributed by atoms with Gasteiger partial charge in [-0.3, -0.25) is 4.79 Å².